The van der Waals surface area contributed by atoms with Crippen molar-refractivity contribution in [1.82, 2.24) is 9.97 Å². The number of nitrogens with zero attached hydrogens (tertiary/aromatic N) is 3. The number of thiazole rings is 2. The summed E-state index contributed by atoms with van der Waals surface area (Å²) < 4.78 is 0. The van der Waals surface area contributed by atoms with Gasteiger partial charge in [-0.15, -0.1) is 22.7 Å². The first-order valence-corrected chi connectivity index (χ1v) is 11.2. The number of hydrogen-bond donors (Lipinski definition) is 0. The molecule has 3 heterocycles. The second-order valence-electron chi connectivity index (χ2n) is 7.27. The van der Waals surface area contributed by atoms with Crippen molar-refractivity contribution in [3.05, 3.63) is 74.4 Å². The molecule has 6 heteroatoms. The molecule has 0 aliphatic carbocycles. The summed E-state index contributed by atoms with van der Waals surface area (Å²) >= 11 is 3.34. The van der Waals surface area contributed by atoms with E-state index in [1.165, 1.54) is 5.56 Å². The molecule has 0 radical (unpaired) electrons. The number of amides is 1. The van der Waals surface area contributed by atoms with Crippen LogP contribution in [0.4, 0.5) is 5.69 Å². The van der Waals surface area contributed by atoms with E-state index in [1.807, 2.05) is 19.2 Å². The summed E-state index contributed by atoms with van der Waals surface area (Å²) in [4.78, 5) is 23.2. The van der Waals surface area contributed by atoms with Gasteiger partial charge in [0.15, 0.2) is 0 Å². The van der Waals surface area contributed by atoms with E-state index in [0.29, 0.717) is 6.42 Å². The van der Waals surface area contributed by atoms with E-state index >= 15 is 0 Å². The van der Waals surface area contributed by atoms with Crippen molar-refractivity contribution in [2.24, 2.45) is 0 Å². The lowest BCUT2D eigenvalue weighted by molar-refractivity contribution is -0.117. The Morgan fingerprint density at radius 2 is 1.55 bits per heavy atom. The third-order valence-corrected chi connectivity index (χ3v) is 6.90. The van der Waals surface area contributed by atoms with Gasteiger partial charge in [0.25, 0.3) is 0 Å². The van der Waals surface area contributed by atoms with Crippen LogP contribution in [0.15, 0.2) is 53.2 Å². The van der Waals surface area contributed by atoms with E-state index in [4.69, 9.17) is 9.97 Å². The molecule has 2 aromatic carbocycles. The van der Waals surface area contributed by atoms with Gasteiger partial charge in [-0.25, -0.2) is 9.97 Å². The molecule has 4 nitrogen and oxygen atoms in total. The van der Waals surface area contributed by atoms with Gasteiger partial charge in [-0.2, -0.15) is 0 Å². The molecule has 0 N–H and O–H groups in total. The zero-order valence-electron chi connectivity index (χ0n) is 16.2. The fourth-order valence-electron chi connectivity index (χ4n) is 3.53. The van der Waals surface area contributed by atoms with Crippen molar-refractivity contribution in [1.29, 1.82) is 0 Å². The van der Waals surface area contributed by atoms with Crippen LogP contribution >= 0.6 is 22.7 Å². The third-order valence-electron chi connectivity index (χ3n) is 5.21. The molecule has 4 aromatic rings. The van der Waals surface area contributed by atoms with Crippen LogP contribution in [0.5, 0.6) is 0 Å². The van der Waals surface area contributed by atoms with Crippen LogP contribution in [-0.4, -0.2) is 22.9 Å². The molecule has 144 valence electrons. The maximum Gasteiger partial charge on any atom is 0.231 e. The second-order valence-corrected chi connectivity index (χ2v) is 9.15. The topological polar surface area (TPSA) is 46.1 Å². The summed E-state index contributed by atoms with van der Waals surface area (Å²) in [5.41, 5.74) is 7.53. The lowest BCUT2D eigenvalue weighted by atomic mass is 10.1. The van der Waals surface area contributed by atoms with Gasteiger partial charge >= 0.3 is 0 Å². The van der Waals surface area contributed by atoms with Crippen molar-refractivity contribution in [2.75, 3.05) is 11.9 Å². The van der Waals surface area contributed by atoms with Gasteiger partial charge in [-0.05, 0) is 24.6 Å². The number of fused-ring (bicyclic) bond motifs is 1. The summed E-state index contributed by atoms with van der Waals surface area (Å²) in [5, 5.41) is 6.33. The van der Waals surface area contributed by atoms with Crippen LogP contribution in [0.2, 0.25) is 0 Å². The van der Waals surface area contributed by atoms with Crippen molar-refractivity contribution in [3.63, 3.8) is 0 Å². The second kappa shape index (κ2) is 7.21. The number of anilines is 1. The summed E-state index contributed by atoms with van der Waals surface area (Å²) in [6, 6.07) is 14.6. The highest BCUT2D eigenvalue weighted by atomic mass is 32.1. The Labute approximate surface area is 177 Å². The minimum absolute atomic E-state index is 0.143. The summed E-state index contributed by atoms with van der Waals surface area (Å²) in [7, 11) is 1.83. The summed E-state index contributed by atoms with van der Waals surface area (Å²) in [5.74, 6) is 0.143. The Morgan fingerprint density at radius 1 is 0.931 bits per heavy atom. The molecule has 0 fully saturated rings. The lowest BCUT2D eigenvalue weighted by Crippen LogP contribution is -2.20. The molecule has 0 unspecified atom stereocenters. The average molecular weight is 418 g/mol. The van der Waals surface area contributed by atoms with Gasteiger partial charge < -0.3 is 4.90 Å². The standard InChI is InChI=1S/C23H19N3OS2/c1-14-3-5-15(6-4-14)18-12-28-21(24-18)11-22-25-19(13-29-22)16-7-8-20-17(9-16)10-23(27)26(20)2/h3-9,12-13H,10-11H2,1-2H3. The van der Waals surface area contributed by atoms with Crippen LogP contribution in [0.3, 0.4) is 0 Å². The van der Waals surface area contributed by atoms with Crippen LogP contribution in [0.25, 0.3) is 22.5 Å². The molecule has 5 rings (SSSR count). The number of aromatic nitrogens is 2. The fourth-order valence-corrected chi connectivity index (χ4v) is 5.24. The van der Waals surface area contributed by atoms with Crippen molar-refractivity contribution in [2.45, 2.75) is 19.8 Å². The number of carbonyl (C=O) groups is 1. The monoisotopic (exact) mass is 417 g/mol. The minimum Gasteiger partial charge on any atom is -0.315 e. The number of likely N-dealkylation sites (N-methyl/N-ethyl adjacent to an activating group) is 1. The highest BCUT2D eigenvalue weighted by Gasteiger charge is 2.24. The Balaban J connectivity index is 1.34. The van der Waals surface area contributed by atoms with E-state index in [0.717, 1.165) is 50.2 Å². The maximum atomic E-state index is 11.9. The molecule has 0 saturated carbocycles. The number of aryl methyl sites for hydroxylation is 1. The molecule has 1 amide bonds. The zero-order chi connectivity index (χ0) is 20.0. The van der Waals surface area contributed by atoms with E-state index in [-0.39, 0.29) is 5.91 Å². The SMILES string of the molecule is Cc1ccc(-c2csc(Cc3nc(-c4ccc5c(c4)CC(=O)N5C)cs3)n2)cc1. The molecule has 2 aromatic heterocycles. The molecule has 0 spiro atoms. The highest BCUT2D eigenvalue weighted by Crippen LogP contribution is 2.33. The number of carbonyl (C=O) groups excluding carboxylic acids is 1. The van der Waals surface area contributed by atoms with Gasteiger partial charge in [0.05, 0.1) is 24.2 Å². The zero-order valence-corrected chi connectivity index (χ0v) is 17.8. The smallest absolute Gasteiger partial charge is 0.231 e. The minimum atomic E-state index is 0.143. The van der Waals surface area contributed by atoms with E-state index < -0.39 is 0 Å². The molecule has 0 bridgehead atoms. The van der Waals surface area contributed by atoms with Crippen molar-refractivity contribution in [3.8, 4) is 22.5 Å². The van der Waals surface area contributed by atoms with Crippen LogP contribution < -0.4 is 4.90 Å². The molecule has 1 aliphatic heterocycles. The Hall–Kier alpha value is -2.83. The third kappa shape index (κ3) is 3.50. The first-order chi connectivity index (χ1) is 14.1. The maximum absolute atomic E-state index is 11.9. The quantitative estimate of drug-likeness (QED) is 0.450. The molecule has 29 heavy (non-hydrogen) atoms. The molecular formula is C23H19N3OS2. The lowest BCUT2D eigenvalue weighted by Gasteiger charge is -2.09. The van der Waals surface area contributed by atoms with Gasteiger partial charge in [-0.3, -0.25) is 4.79 Å². The Kier molecular flexibility index (Phi) is 4.53. The first-order valence-electron chi connectivity index (χ1n) is 9.42. The number of benzene rings is 2. The molecule has 0 saturated heterocycles. The Morgan fingerprint density at radius 3 is 2.24 bits per heavy atom. The van der Waals surface area contributed by atoms with Gasteiger partial charge in [0.1, 0.15) is 10.0 Å². The Bertz CT molecular complexity index is 1210. The van der Waals surface area contributed by atoms with E-state index in [9.17, 15) is 4.79 Å². The summed E-state index contributed by atoms with van der Waals surface area (Å²) in [6.07, 6.45) is 1.21. The predicted octanol–water partition coefficient (Wildman–Crippen LogP) is 5.35. The van der Waals surface area contributed by atoms with Gasteiger partial charge in [0.2, 0.25) is 5.91 Å². The molecular weight excluding hydrogens is 398 g/mol. The largest absolute Gasteiger partial charge is 0.315 e. The van der Waals surface area contributed by atoms with E-state index in [1.54, 1.807) is 27.6 Å². The van der Waals surface area contributed by atoms with Crippen LogP contribution in [0, 0.1) is 6.92 Å². The fraction of sp³-hybridized carbons (Fsp3) is 0.174. The first kappa shape index (κ1) is 18.2. The van der Waals surface area contributed by atoms with E-state index in [2.05, 4.69) is 48.0 Å². The van der Waals surface area contributed by atoms with Crippen molar-refractivity contribution < 1.29 is 4.79 Å². The molecule has 1 aliphatic rings. The predicted molar refractivity (Wildman–Crippen MR) is 120 cm³/mol. The molecule has 0 atom stereocenters. The summed E-state index contributed by atoms with van der Waals surface area (Å²) in [6.45, 7) is 2.09. The van der Waals surface area contributed by atoms with Crippen LogP contribution in [-0.2, 0) is 17.6 Å². The van der Waals surface area contributed by atoms with Crippen LogP contribution in [0.1, 0.15) is 21.1 Å². The normalized spacial score (nSPS) is 13.2. The van der Waals surface area contributed by atoms with Gasteiger partial charge in [-0.1, -0.05) is 35.9 Å². The highest BCUT2D eigenvalue weighted by molar-refractivity contribution is 7.11. The van der Waals surface area contributed by atoms with Crippen molar-refractivity contribution >= 4 is 34.3 Å². The number of hydrogen-bond acceptors (Lipinski definition) is 5. The average Bonchev–Trinajstić information content (AvgIpc) is 3.43. The number of rotatable bonds is 4. The van der Waals surface area contributed by atoms with Gasteiger partial charge in [0, 0.05) is 34.6 Å².